The number of nitrogens with one attached hydrogen (secondary N) is 1. The molecule has 0 saturated carbocycles. The number of nitrogens with two attached hydrogens (primary N) is 1. The fourth-order valence-electron chi connectivity index (χ4n) is 2.95. The van der Waals surface area contributed by atoms with Crippen molar-refractivity contribution in [2.24, 2.45) is 5.73 Å². The molecule has 3 rings (SSSR count). The van der Waals surface area contributed by atoms with Gasteiger partial charge in [0.1, 0.15) is 16.4 Å². The van der Waals surface area contributed by atoms with E-state index in [0.717, 1.165) is 46.8 Å². The molecule has 0 unspecified atom stereocenters. The van der Waals surface area contributed by atoms with E-state index < -0.39 is 0 Å². The predicted molar refractivity (Wildman–Crippen MR) is 103 cm³/mol. The molecule has 7 nitrogen and oxygen atoms in total. The molecular weight excluding hydrogens is 385 g/mol. The van der Waals surface area contributed by atoms with Gasteiger partial charge < -0.3 is 10.5 Å². The standard InChI is InChI=1S/C15H21N5O2S.2ClH/c1-3-22-15(21)13-9-5-6-10-11(14(23-2)18-17-10)12(9)19-20(13)8-4-7-16;;/h3-8,16H2,1-2H3,(H,17,18);2*1H. The van der Waals surface area contributed by atoms with Gasteiger partial charge in [0.05, 0.1) is 12.2 Å². The van der Waals surface area contributed by atoms with Crippen LogP contribution in [0.5, 0.6) is 0 Å². The summed E-state index contributed by atoms with van der Waals surface area (Å²) >= 11 is 1.58. The maximum atomic E-state index is 12.4. The number of aryl methyl sites for hydroxylation is 2. The number of halogens is 2. The molecule has 0 spiro atoms. The maximum absolute atomic E-state index is 12.4. The number of nitrogens with zero attached hydrogens (tertiary/aromatic N) is 3. The van der Waals surface area contributed by atoms with E-state index >= 15 is 0 Å². The van der Waals surface area contributed by atoms with Crippen molar-refractivity contribution < 1.29 is 9.53 Å². The Bertz CT molecular complexity index is 718. The first-order chi connectivity index (χ1) is 11.2. The van der Waals surface area contributed by atoms with Gasteiger partial charge in [0.2, 0.25) is 0 Å². The largest absolute Gasteiger partial charge is 0.461 e. The fraction of sp³-hybridized carbons (Fsp3) is 0.533. The second-order valence-electron chi connectivity index (χ2n) is 5.35. The number of H-pyrrole nitrogens is 1. The van der Waals surface area contributed by atoms with Gasteiger partial charge in [-0.25, -0.2) is 4.79 Å². The normalized spacial score (nSPS) is 11.8. The molecule has 2 aromatic heterocycles. The van der Waals surface area contributed by atoms with Gasteiger partial charge in [-0.2, -0.15) is 10.2 Å². The maximum Gasteiger partial charge on any atom is 0.356 e. The Balaban J connectivity index is 0.00000156. The minimum atomic E-state index is -0.309. The van der Waals surface area contributed by atoms with Crippen LogP contribution in [0, 0.1) is 0 Å². The summed E-state index contributed by atoms with van der Waals surface area (Å²) < 4.78 is 6.99. The van der Waals surface area contributed by atoms with Gasteiger partial charge in [0, 0.05) is 17.8 Å². The number of fused-ring (bicyclic) bond motifs is 3. The molecule has 0 aliphatic heterocycles. The van der Waals surface area contributed by atoms with E-state index in [1.165, 1.54) is 0 Å². The highest BCUT2D eigenvalue weighted by Gasteiger charge is 2.31. The summed E-state index contributed by atoms with van der Waals surface area (Å²) in [6.07, 6.45) is 4.34. The molecule has 0 amide bonds. The predicted octanol–water partition coefficient (Wildman–Crippen LogP) is 2.46. The van der Waals surface area contributed by atoms with Crippen LogP contribution in [0.15, 0.2) is 5.03 Å². The zero-order chi connectivity index (χ0) is 16.4. The Hall–Kier alpha value is -1.22. The highest BCUT2D eigenvalue weighted by atomic mass is 35.5. The Morgan fingerprint density at radius 1 is 1.40 bits per heavy atom. The fourth-order valence-corrected chi connectivity index (χ4v) is 3.51. The number of carbonyl (C=O) groups excluding carboxylic acids is 1. The molecule has 2 aromatic rings. The number of rotatable bonds is 6. The number of aromatic nitrogens is 4. The highest BCUT2D eigenvalue weighted by Crippen LogP contribution is 2.39. The number of ether oxygens (including phenoxy) is 1. The van der Waals surface area contributed by atoms with Gasteiger partial charge in [-0.15, -0.1) is 36.6 Å². The van der Waals surface area contributed by atoms with E-state index in [4.69, 9.17) is 15.6 Å². The van der Waals surface area contributed by atoms with E-state index in [2.05, 4.69) is 10.2 Å². The van der Waals surface area contributed by atoms with Crippen molar-refractivity contribution in [1.82, 2.24) is 20.0 Å². The topological polar surface area (TPSA) is 98.8 Å². The van der Waals surface area contributed by atoms with Crippen LogP contribution in [0.1, 0.15) is 35.1 Å². The van der Waals surface area contributed by atoms with Crippen molar-refractivity contribution >= 4 is 42.5 Å². The van der Waals surface area contributed by atoms with E-state index in [1.807, 2.05) is 13.2 Å². The molecule has 3 N–H and O–H groups in total. The summed E-state index contributed by atoms with van der Waals surface area (Å²) in [6.45, 7) is 3.33. The smallest absolute Gasteiger partial charge is 0.356 e. The first kappa shape index (κ1) is 21.8. The summed E-state index contributed by atoms with van der Waals surface area (Å²) in [5, 5.41) is 13.1. The lowest BCUT2D eigenvalue weighted by Gasteiger charge is -2.12. The van der Waals surface area contributed by atoms with Crippen LogP contribution in [-0.4, -0.2) is 45.4 Å². The SMILES string of the molecule is CCOC(=O)c1c2c(nn1CCCN)-c1c(SC)n[nH]c1CC2.Cl.Cl. The molecule has 0 aromatic carbocycles. The zero-order valence-electron chi connectivity index (χ0n) is 14.2. The number of hydrogen-bond donors (Lipinski definition) is 2. The monoisotopic (exact) mass is 407 g/mol. The Morgan fingerprint density at radius 3 is 2.80 bits per heavy atom. The quantitative estimate of drug-likeness (QED) is 0.563. The Labute approximate surface area is 163 Å². The van der Waals surface area contributed by atoms with E-state index in [9.17, 15) is 4.79 Å². The lowest BCUT2D eigenvalue weighted by Crippen LogP contribution is -2.17. The van der Waals surface area contributed by atoms with Gasteiger partial charge in [-0.05, 0) is 39.0 Å². The second kappa shape index (κ2) is 9.47. The van der Waals surface area contributed by atoms with Crippen molar-refractivity contribution in [2.75, 3.05) is 19.4 Å². The van der Waals surface area contributed by atoms with Crippen LogP contribution in [0.3, 0.4) is 0 Å². The lowest BCUT2D eigenvalue weighted by atomic mass is 9.94. The van der Waals surface area contributed by atoms with E-state index in [1.54, 1.807) is 16.4 Å². The van der Waals surface area contributed by atoms with E-state index in [-0.39, 0.29) is 30.8 Å². The molecule has 140 valence electrons. The molecule has 0 atom stereocenters. The average molecular weight is 408 g/mol. The summed E-state index contributed by atoms with van der Waals surface area (Å²) in [5.74, 6) is -0.309. The third-order valence-electron chi connectivity index (χ3n) is 3.96. The second-order valence-corrected chi connectivity index (χ2v) is 6.14. The van der Waals surface area contributed by atoms with Crippen molar-refractivity contribution in [3.63, 3.8) is 0 Å². The van der Waals surface area contributed by atoms with Gasteiger partial charge in [-0.3, -0.25) is 9.78 Å². The van der Waals surface area contributed by atoms with Crippen LogP contribution < -0.4 is 5.73 Å². The third kappa shape index (κ3) is 3.97. The minimum absolute atomic E-state index is 0. The first-order valence-electron chi connectivity index (χ1n) is 7.79. The first-order valence-corrected chi connectivity index (χ1v) is 9.02. The summed E-state index contributed by atoms with van der Waals surface area (Å²) in [7, 11) is 0. The molecule has 0 fully saturated rings. The highest BCUT2D eigenvalue weighted by molar-refractivity contribution is 7.98. The minimum Gasteiger partial charge on any atom is -0.461 e. The Morgan fingerprint density at radius 2 is 2.16 bits per heavy atom. The van der Waals surface area contributed by atoms with Crippen LogP contribution in [-0.2, 0) is 24.1 Å². The number of aromatic amines is 1. The molecule has 0 radical (unpaired) electrons. The molecule has 0 saturated heterocycles. The van der Waals surface area contributed by atoms with Gasteiger partial charge in [0.15, 0.2) is 0 Å². The summed E-state index contributed by atoms with van der Waals surface area (Å²) in [6, 6.07) is 0. The molecule has 10 heteroatoms. The molecule has 1 aliphatic rings. The molecule has 0 bridgehead atoms. The molecular formula is C15H23Cl2N5O2S. The van der Waals surface area contributed by atoms with E-state index in [0.29, 0.717) is 25.4 Å². The zero-order valence-corrected chi connectivity index (χ0v) is 16.7. The van der Waals surface area contributed by atoms with Crippen LogP contribution in [0.2, 0.25) is 0 Å². The third-order valence-corrected chi connectivity index (χ3v) is 4.64. The van der Waals surface area contributed by atoms with Crippen LogP contribution in [0.4, 0.5) is 0 Å². The molecule has 25 heavy (non-hydrogen) atoms. The number of esters is 1. The number of thioether (sulfide) groups is 1. The van der Waals surface area contributed by atoms with Crippen LogP contribution in [0.25, 0.3) is 11.3 Å². The van der Waals surface area contributed by atoms with Crippen molar-refractivity contribution in [2.45, 2.75) is 37.8 Å². The summed E-state index contributed by atoms with van der Waals surface area (Å²) in [5.41, 5.74) is 10.1. The van der Waals surface area contributed by atoms with Gasteiger partial charge >= 0.3 is 5.97 Å². The molecule has 1 aliphatic carbocycles. The van der Waals surface area contributed by atoms with Crippen molar-refractivity contribution in [3.8, 4) is 11.3 Å². The number of carbonyl (C=O) groups is 1. The van der Waals surface area contributed by atoms with Crippen molar-refractivity contribution in [1.29, 1.82) is 0 Å². The van der Waals surface area contributed by atoms with Gasteiger partial charge in [0.25, 0.3) is 0 Å². The lowest BCUT2D eigenvalue weighted by molar-refractivity contribution is 0.0510. The van der Waals surface area contributed by atoms with Crippen LogP contribution >= 0.6 is 36.6 Å². The summed E-state index contributed by atoms with van der Waals surface area (Å²) in [4.78, 5) is 12.4. The molecule has 2 heterocycles. The Kier molecular flexibility index (Phi) is 8.27. The van der Waals surface area contributed by atoms with Gasteiger partial charge in [-0.1, -0.05) is 0 Å². The average Bonchev–Trinajstić information content (AvgIpc) is 3.13. The number of hydrogen-bond acceptors (Lipinski definition) is 6. The van der Waals surface area contributed by atoms with Crippen molar-refractivity contribution in [3.05, 3.63) is 17.0 Å².